The predicted molar refractivity (Wildman–Crippen MR) is 74.9 cm³/mol. The maximum Gasteiger partial charge on any atom is 0.152 e. The second-order valence-electron chi connectivity index (χ2n) is 4.76. The molecule has 0 saturated heterocycles. The summed E-state index contributed by atoms with van der Waals surface area (Å²) in [5.74, 6) is 2.61. The van der Waals surface area contributed by atoms with Crippen LogP contribution in [-0.2, 0) is 6.54 Å². The van der Waals surface area contributed by atoms with E-state index < -0.39 is 0 Å². The van der Waals surface area contributed by atoms with Crippen molar-refractivity contribution in [2.75, 3.05) is 0 Å². The van der Waals surface area contributed by atoms with E-state index in [1.165, 1.54) is 0 Å². The predicted octanol–water partition coefficient (Wildman–Crippen LogP) is 2.55. The van der Waals surface area contributed by atoms with Crippen molar-refractivity contribution in [1.82, 2.24) is 25.5 Å². The second-order valence-corrected chi connectivity index (χ2v) is 4.76. The molecule has 0 aliphatic rings. The molecule has 0 radical (unpaired) electrons. The van der Waals surface area contributed by atoms with Crippen LogP contribution in [-0.4, -0.2) is 20.2 Å². The summed E-state index contributed by atoms with van der Waals surface area (Å²) in [6.45, 7) is 4.68. The van der Waals surface area contributed by atoms with E-state index in [-0.39, 0.29) is 6.04 Å². The lowest BCUT2D eigenvalue weighted by molar-refractivity contribution is 0.538. The number of hydrogen-bond donors (Lipinski definition) is 3. The van der Waals surface area contributed by atoms with E-state index in [4.69, 9.17) is 4.42 Å². The molecule has 104 valence electrons. The zero-order chi connectivity index (χ0) is 13.9. The minimum Gasteiger partial charge on any atom is -0.460 e. The van der Waals surface area contributed by atoms with Crippen LogP contribution in [0.25, 0.3) is 11.5 Å². The molecule has 0 aliphatic heterocycles. The Kier molecular flexibility index (Phi) is 3.39. The number of aromatic amines is 2. The molecular weight excluding hydrogens is 254 g/mol. The van der Waals surface area contributed by atoms with E-state index in [0.29, 0.717) is 6.54 Å². The van der Waals surface area contributed by atoms with Gasteiger partial charge in [-0.25, -0.2) is 4.98 Å². The number of rotatable bonds is 5. The average molecular weight is 271 g/mol. The van der Waals surface area contributed by atoms with Crippen molar-refractivity contribution in [2.24, 2.45) is 0 Å². The lowest BCUT2D eigenvalue weighted by atomic mass is 10.2. The molecule has 6 nitrogen and oxygen atoms in total. The molecule has 3 aromatic rings. The summed E-state index contributed by atoms with van der Waals surface area (Å²) in [6.07, 6.45) is 5.39. The van der Waals surface area contributed by atoms with Gasteiger partial charge in [0.25, 0.3) is 0 Å². The van der Waals surface area contributed by atoms with E-state index in [1.54, 1.807) is 6.20 Å². The first-order valence-corrected chi connectivity index (χ1v) is 6.56. The van der Waals surface area contributed by atoms with Crippen molar-refractivity contribution >= 4 is 0 Å². The van der Waals surface area contributed by atoms with Crippen LogP contribution in [0.15, 0.2) is 35.1 Å². The van der Waals surface area contributed by atoms with Gasteiger partial charge in [0.1, 0.15) is 17.3 Å². The first-order valence-electron chi connectivity index (χ1n) is 6.56. The van der Waals surface area contributed by atoms with Gasteiger partial charge in [0.05, 0.1) is 12.2 Å². The number of imidazole rings is 1. The Morgan fingerprint density at radius 2 is 2.30 bits per heavy atom. The van der Waals surface area contributed by atoms with Crippen LogP contribution >= 0.6 is 0 Å². The van der Waals surface area contributed by atoms with Crippen LogP contribution in [0, 0.1) is 6.92 Å². The van der Waals surface area contributed by atoms with Crippen LogP contribution in [0.3, 0.4) is 0 Å². The number of nitrogens with zero attached hydrogens (tertiary/aromatic N) is 2. The van der Waals surface area contributed by atoms with Gasteiger partial charge in [-0.2, -0.15) is 5.10 Å². The molecule has 3 heterocycles. The van der Waals surface area contributed by atoms with E-state index in [1.807, 2.05) is 31.5 Å². The van der Waals surface area contributed by atoms with Gasteiger partial charge in [-0.15, -0.1) is 0 Å². The molecule has 3 rings (SSSR count). The fourth-order valence-electron chi connectivity index (χ4n) is 2.10. The number of aromatic nitrogens is 4. The Hall–Kier alpha value is -2.34. The summed E-state index contributed by atoms with van der Waals surface area (Å²) in [6, 6.07) is 4.03. The molecule has 0 amide bonds. The molecule has 0 bridgehead atoms. The van der Waals surface area contributed by atoms with Gasteiger partial charge >= 0.3 is 0 Å². The highest BCUT2D eigenvalue weighted by Gasteiger charge is 2.13. The Morgan fingerprint density at radius 3 is 3.00 bits per heavy atom. The Bertz CT molecular complexity index is 667. The first kappa shape index (κ1) is 12.7. The van der Waals surface area contributed by atoms with Crippen molar-refractivity contribution in [3.8, 4) is 11.5 Å². The molecule has 1 atom stereocenters. The number of aryl methyl sites for hydroxylation is 1. The van der Waals surface area contributed by atoms with Crippen molar-refractivity contribution < 1.29 is 4.42 Å². The zero-order valence-electron chi connectivity index (χ0n) is 11.5. The van der Waals surface area contributed by atoms with Crippen LogP contribution in [0.5, 0.6) is 0 Å². The quantitative estimate of drug-likeness (QED) is 0.666. The molecule has 0 fully saturated rings. The SMILES string of the molecule is Cc1ccc(-c2[nH]ncc2CNC(C)c2ncc[nH]2)o1. The molecule has 0 aromatic carbocycles. The first-order chi connectivity index (χ1) is 9.74. The van der Waals surface area contributed by atoms with E-state index in [0.717, 1.165) is 28.6 Å². The normalized spacial score (nSPS) is 12.7. The smallest absolute Gasteiger partial charge is 0.152 e. The minimum atomic E-state index is 0.145. The number of furan rings is 1. The van der Waals surface area contributed by atoms with E-state index in [9.17, 15) is 0 Å². The third-order valence-electron chi connectivity index (χ3n) is 3.23. The number of nitrogens with one attached hydrogen (secondary N) is 3. The highest BCUT2D eigenvalue weighted by molar-refractivity contribution is 5.56. The van der Waals surface area contributed by atoms with Gasteiger partial charge < -0.3 is 14.7 Å². The lowest BCUT2D eigenvalue weighted by Crippen LogP contribution is -2.19. The molecule has 6 heteroatoms. The summed E-state index contributed by atoms with van der Waals surface area (Å²) in [5.41, 5.74) is 1.98. The van der Waals surface area contributed by atoms with Crippen molar-refractivity contribution in [3.63, 3.8) is 0 Å². The van der Waals surface area contributed by atoms with Crippen LogP contribution in [0.2, 0.25) is 0 Å². The molecule has 3 aromatic heterocycles. The molecule has 0 spiro atoms. The fourth-order valence-corrected chi connectivity index (χ4v) is 2.10. The van der Waals surface area contributed by atoms with Crippen LogP contribution in [0.4, 0.5) is 0 Å². The van der Waals surface area contributed by atoms with E-state index in [2.05, 4.69) is 32.4 Å². The molecule has 3 N–H and O–H groups in total. The summed E-state index contributed by atoms with van der Waals surface area (Å²) in [5, 5.41) is 10.5. The van der Waals surface area contributed by atoms with Crippen molar-refractivity contribution in [2.45, 2.75) is 26.4 Å². The third kappa shape index (κ3) is 2.50. The molecule has 0 aliphatic carbocycles. The molecule has 1 unspecified atom stereocenters. The van der Waals surface area contributed by atoms with Gasteiger partial charge in [0.15, 0.2) is 5.76 Å². The Labute approximate surface area is 116 Å². The fraction of sp³-hybridized carbons (Fsp3) is 0.286. The minimum absolute atomic E-state index is 0.145. The Balaban J connectivity index is 1.71. The summed E-state index contributed by atoms with van der Waals surface area (Å²) < 4.78 is 5.63. The number of H-pyrrole nitrogens is 2. The maximum absolute atomic E-state index is 5.63. The molecular formula is C14H17N5O. The van der Waals surface area contributed by atoms with Gasteiger partial charge in [-0.1, -0.05) is 0 Å². The lowest BCUT2D eigenvalue weighted by Gasteiger charge is -2.10. The van der Waals surface area contributed by atoms with E-state index >= 15 is 0 Å². The largest absolute Gasteiger partial charge is 0.460 e. The second kappa shape index (κ2) is 5.34. The highest BCUT2D eigenvalue weighted by atomic mass is 16.3. The standard InChI is InChI=1S/C14H17N5O/c1-9-3-4-12(20-9)13-11(8-18-19-13)7-17-10(2)14-15-5-6-16-14/h3-6,8,10,17H,7H2,1-2H3,(H,15,16)(H,18,19). The Morgan fingerprint density at radius 1 is 1.40 bits per heavy atom. The van der Waals surface area contributed by atoms with Crippen LogP contribution in [0.1, 0.15) is 30.1 Å². The van der Waals surface area contributed by atoms with Crippen molar-refractivity contribution in [3.05, 3.63) is 47.9 Å². The monoisotopic (exact) mass is 271 g/mol. The molecule has 20 heavy (non-hydrogen) atoms. The zero-order valence-corrected chi connectivity index (χ0v) is 11.5. The van der Waals surface area contributed by atoms with Gasteiger partial charge in [0, 0.05) is 24.5 Å². The highest BCUT2D eigenvalue weighted by Crippen LogP contribution is 2.23. The molecule has 0 saturated carbocycles. The average Bonchev–Trinajstić information content (AvgIpc) is 3.16. The summed E-state index contributed by atoms with van der Waals surface area (Å²) in [7, 11) is 0. The maximum atomic E-state index is 5.63. The summed E-state index contributed by atoms with van der Waals surface area (Å²) >= 11 is 0. The third-order valence-corrected chi connectivity index (χ3v) is 3.23. The summed E-state index contributed by atoms with van der Waals surface area (Å²) in [4.78, 5) is 7.34. The topological polar surface area (TPSA) is 82.5 Å². The van der Waals surface area contributed by atoms with Gasteiger partial charge in [-0.3, -0.25) is 5.10 Å². The van der Waals surface area contributed by atoms with Crippen molar-refractivity contribution in [1.29, 1.82) is 0 Å². The number of hydrogen-bond acceptors (Lipinski definition) is 4. The van der Waals surface area contributed by atoms with Gasteiger partial charge in [-0.05, 0) is 26.0 Å². The van der Waals surface area contributed by atoms with Gasteiger partial charge in [0.2, 0.25) is 0 Å². The van der Waals surface area contributed by atoms with Crippen LogP contribution < -0.4 is 5.32 Å².